The number of fused-ring (bicyclic) bond motifs is 3. The van der Waals surface area contributed by atoms with Gasteiger partial charge in [0.2, 0.25) is 5.89 Å². The van der Waals surface area contributed by atoms with Crippen LogP contribution in [0.1, 0.15) is 28.7 Å². The van der Waals surface area contributed by atoms with Crippen molar-refractivity contribution in [3.8, 4) is 0 Å². The van der Waals surface area contributed by atoms with Gasteiger partial charge in [0.1, 0.15) is 5.25 Å². The van der Waals surface area contributed by atoms with E-state index in [1.54, 1.807) is 23.0 Å². The fourth-order valence-corrected chi connectivity index (χ4v) is 4.32. The van der Waals surface area contributed by atoms with Crippen LogP contribution in [0.4, 0.5) is 0 Å². The molecular weight excluding hydrogens is 434 g/mol. The summed E-state index contributed by atoms with van der Waals surface area (Å²) in [5, 5.41) is 25.3. The first-order valence-corrected chi connectivity index (χ1v) is 10.5. The molecule has 2 N–H and O–H groups in total. The molecule has 0 spiro atoms. The number of aryl methyl sites for hydroxylation is 2. The topological polar surface area (TPSA) is 161 Å². The molecule has 0 aromatic carbocycles. The van der Waals surface area contributed by atoms with Gasteiger partial charge in [-0.3, -0.25) is 14.9 Å². The molecule has 162 valence electrons. The highest BCUT2D eigenvalue weighted by molar-refractivity contribution is 8.00. The van der Waals surface area contributed by atoms with Crippen LogP contribution in [0, 0.1) is 13.8 Å². The van der Waals surface area contributed by atoms with Gasteiger partial charge in [-0.05, 0) is 19.9 Å². The summed E-state index contributed by atoms with van der Waals surface area (Å²) in [6.07, 6.45) is 5.06. The zero-order valence-corrected chi connectivity index (χ0v) is 17.9. The maximum absolute atomic E-state index is 11.9. The Hall–Kier alpha value is -3.87. The Morgan fingerprint density at radius 3 is 2.94 bits per heavy atom. The third-order valence-electron chi connectivity index (χ3n) is 4.99. The normalized spacial score (nSPS) is 12.6. The molecule has 1 atom stereocenters. The number of pyridine rings is 1. The molecule has 32 heavy (non-hydrogen) atoms. The van der Waals surface area contributed by atoms with Crippen molar-refractivity contribution in [1.82, 2.24) is 44.9 Å². The van der Waals surface area contributed by atoms with E-state index < -0.39 is 11.2 Å². The lowest BCUT2D eigenvalue weighted by molar-refractivity contribution is -0.136. The Morgan fingerprint density at radius 2 is 2.22 bits per heavy atom. The number of thioether (sulfide) groups is 1. The number of rotatable bonds is 7. The van der Waals surface area contributed by atoms with Crippen LogP contribution in [-0.2, 0) is 17.6 Å². The highest BCUT2D eigenvalue weighted by Crippen LogP contribution is 2.28. The van der Waals surface area contributed by atoms with E-state index in [0.29, 0.717) is 28.6 Å². The smallest absolute Gasteiger partial charge is 0.317 e. The molecule has 0 aliphatic carbocycles. The molecular formula is C19H17N9O3S. The van der Waals surface area contributed by atoms with Gasteiger partial charge in [0.05, 0.1) is 23.0 Å². The molecule has 5 heterocycles. The minimum Gasteiger partial charge on any atom is -0.480 e. The van der Waals surface area contributed by atoms with Crippen LogP contribution >= 0.6 is 11.8 Å². The number of aromatic amines is 1. The van der Waals surface area contributed by atoms with E-state index in [1.165, 1.54) is 6.33 Å². The summed E-state index contributed by atoms with van der Waals surface area (Å²) in [7, 11) is 0. The van der Waals surface area contributed by atoms with Crippen LogP contribution in [0.15, 0.2) is 34.5 Å². The molecule has 5 aromatic rings. The van der Waals surface area contributed by atoms with Gasteiger partial charge in [-0.25, -0.2) is 9.97 Å². The van der Waals surface area contributed by atoms with Crippen molar-refractivity contribution in [3.63, 3.8) is 0 Å². The maximum atomic E-state index is 11.9. The van der Waals surface area contributed by atoms with Crippen LogP contribution in [0.2, 0.25) is 0 Å². The molecule has 0 saturated heterocycles. The van der Waals surface area contributed by atoms with Crippen LogP contribution in [-0.4, -0.2) is 61.2 Å². The number of carboxylic acids is 1. The summed E-state index contributed by atoms with van der Waals surface area (Å²) in [6.45, 7) is 3.87. The predicted octanol–water partition coefficient (Wildman–Crippen LogP) is 1.77. The van der Waals surface area contributed by atoms with Crippen LogP contribution in [0.3, 0.4) is 0 Å². The number of carbonyl (C=O) groups is 1. The fraction of sp³-hybridized carbons (Fsp3) is 0.263. The highest BCUT2D eigenvalue weighted by atomic mass is 32.2. The van der Waals surface area contributed by atoms with E-state index >= 15 is 0 Å². The molecule has 0 saturated carbocycles. The van der Waals surface area contributed by atoms with E-state index in [0.717, 1.165) is 34.1 Å². The van der Waals surface area contributed by atoms with Crippen molar-refractivity contribution in [2.24, 2.45) is 0 Å². The van der Waals surface area contributed by atoms with Crippen LogP contribution < -0.4 is 0 Å². The summed E-state index contributed by atoms with van der Waals surface area (Å²) in [4.78, 5) is 29.4. The third kappa shape index (κ3) is 3.66. The van der Waals surface area contributed by atoms with Crippen molar-refractivity contribution in [2.75, 3.05) is 0 Å². The summed E-state index contributed by atoms with van der Waals surface area (Å²) in [6, 6.07) is 1.76. The molecule has 0 radical (unpaired) electrons. The molecule has 12 nitrogen and oxygen atoms in total. The van der Waals surface area contributed by atoms with Gasteiger partial charge in [0, 0.05) is 30.1 Å². The lowest BCUT2D eigenvalue weighted by Gasteiger charge is -2.11. The Bertz CT molecular complexity index is 1410. The Labute approximate surface area is 184 Å². The van der Waals surface area contributed by atoms with Crippen LogP contribution in [0.25, 0.3) is 16.6 Å². The van der Waals surface area contributed by atoms with E-state index in [4.69, 9.17) is 9.51 Å². The van der Waals surface area contributed by atoms with Gasteiger partial charge in [-0.15, -0.1) is 5.10 Å². The van der Waals surface area contributed by atoms with Gasteiger partial charge >= 0.3 is 5.97 Å². The summed E-state index contributed by atoms with van der Waals surface area (Å²) in [5.41, 5.74) is 4.05. The second kappa shape index (κ2) is 8.00. The first-order valence-electron chi connectivity index (χ1n) is 9.64. The molecule has 5 aromatic heterocycles. The van der Waals surface area contributed by atoms with Gasteiger partial charge in [0.15, 0.2) is 23.0 Å². The fourth-order valence-electron chi connectivity index (χ4n) is 3.36. The quantitative estimate of drug-likeness (QED) is 0.274. The van der Waals surface area contributed by atoms with Gasteiger partial charge in [0.25, 0.3) is 0 Å². The Morgan fingerprint density at radius 1 is 1.34 bits per heavy atom. The van der Waals surface area contributed by atoms with Gasteiger partial charge in [-0.2, -0.15) is 14.6 Å². The second-order valence-electron chi connectivity index (χ2n) is 7.12. The molecule has 0 bridgehead atoms. The highest BCUT2D eigenvalue weighted by Gasteiger charge is 2.26. The van der Waals surface area contributed by atoms with E-state index in [1.807, 2.05) is 13.8 Å². The first-order chi connectivity index (χ1) is 15.5. The molecule has 0 aliphatic rings. The summed E-state index contributed by atoms with van der Waals surface area (Å²) < 4.78 is 6.55. The number of aromatic nitrogens is 9. The number of hydrogen-bond acceptors (Lipinski definition) is 10. The third-order valence-corrected chi connectivity index (χ3v) is 6.12. The van der Waals surface area contributed by atoms with Crippen molar-refractivity contribution in [2.45, 2.75) is 37.1 Å². The minimum absolute atomic E-state index is 0.0481. The van der Waals surface area contributed by atoms with Gasteiger partial charge in [-0.1, -0.05) is 16.9 Å². The lowest BCUT2D eigenvalue weighted by Crippen LogP contribution is -2.20. The number of carboxylic acid groups (broad SMARTS) is 1. The Balaban J connectivity index is 1.59. The molecule has 0 fully saturated rings. The number of aliphatic carboxylic acids is 1. The molecule has 0 amide bonds. The maximum Gasteiger partial charge on any atom is 0.317 e. The standard InChI is InChI=1S/C19H17N9O3S/c1-9-11(10(2)26-25-9)5-15-24-17-12-7-20-4-3-13(12)23-19(28(17)27-15)32-14(18(29)30)6-16-21-8-22-31-16/h3-4,7-8,14H,5-6H2,1-2H3,(H,25,26)(H,29,30). The average molecular weight is 451 g/mol. The number of hydrogen-bond donors (Lipinski definition) is 2. The van der Waals surface area contributed by atoms with Crippen molar-refractivity contribution in [3.05, 3.63) is 53.5 Å². The Kier molecular flexibility index (Phi) is 5.01. The first kappa shape index (κ1) is 20.1. The van der Waals surface area contributed by atoms with Crippen molar-refractivity contribution in [1.29, 1.82) is 0 Å². The minimum atomic E-state index is -1.03. The zero-order chi connectivity index (χ0) is 22.2. The number of nitrogens with zero attached hydrogens (tertiary/aromatic N) is 8. The molecule has 1 unspecified atom stereocenters. The van der Waals surface area contributed by atoms with E-state index in [2.05, 4.69) is 35.4 Å². The zero-order valence-electron chi connectivity index (χ0n) is 17.1. The van der Waals surface area contributed by atoms with E-state index in [9.17, 15) is 9.90 Å². The van der Waals surface area contributed by atoms with Crippen molar-refractivity contribution < 1.29 is 14.4 Å². The second-order valence-corrected chi connectivity index (χ2v) is 8.29. The summed E-state index contributed by atoms with van der Waals surface area (Å²) >= 11 is 1.05. The monoisotopic (exact) mass is 451 g/mol. The van der Waals surface area contributed by atoms with Crippen molar-refractivity contribution >= 4 is 34.3 Å². The number of H-pyrrole nitrogens is 1. The van der Waals surface area contributed by atoms with Gasteiger partial charge < -0.3 is 9.63 Å². The van der Waals surface area contributed by atoms with Crippen LogP contribution in [0.5, 0.6) is 0 Å². The molecule has 13 heteroatoms. The average Bonchev–Trinajstić information content (AvgIpc) is 3.51. The largest absolute Gasteiger partial charge is 0.480 e. The summed E-state index contributed by atoms with van der Waals surface area (Å²) in [5.74, 6) is -0.222. The van der Waals surface area contributed by atoms with E-state index in [-0.39, 0.29) is 12.3 Å². The predicted molar refractivity (Wildman–Crippen MR) is 112 cm³/mol. The number of nitrogens with one attached hydrogen (secondary N) is 1. The SMILES string of the molecule is Cc1n[nH]c(C)c1Cc1nc2c3cnccc3nc(SC(Cc3ncno3)C(=O)O)n2n1. The lowest BCUT2D eigenvalue weighted by atomic mass is 10.1. The molecule has 5 rings (SSSR count). The molecule has 0 aliphatic heterocycles.